The Bertz CT molecular complexity index is 461. The van der Waals surface area contributed by atoms with Crippen LogP contribution < -0.4 is 0 Å². The second-order valence-corrected chi connectivity index (χ2v) is 6.48. The summed E-state index contributed by atoms with van der Waals surface area (Å²) >= 11 is 0. The quantitative estimate of drug-likeness (QED) is 0.797. The second kappa shape index (κ2) is 5.10. The van der Waals surface area contributed by atoms with Crippen LogP contribution in [-0.2, 0) is 16.4 Å². The molecule has 0 N–H and O–H groups in total. The van der Waals surface area contributed by atoms with Gasteiger partial charge < -0.3 is 0 Å². The van der Waals surface area contributed by atoms with Gasteiger partial charge in [0.05, 0.1) is 6.26 Å². The van der Waals surface area contributed by atoms with Gasteiger partial charge in [0.2, 0.25) is 10.0 Å². The zero-order valence-corrected chi connectivity index (χ0v) is 10.7. The molecule has 1 saturated heterocycles. The molecule has 1 atom stereocenters. The molecule has 94 valence electrons. The molecular formula is C11H17N3O2S. The summed E-state index contributed by atoms with van der Waals surface area (Å²) in [4.78, 5) is 8.36. The van der Waals surface area contributed by atoms with Crippen molar-refractivity contribution >= 4 is 10.0 Å². The number of piperidine rings is 1. The molecule has 1 aliphatic heterocycles. The number of rotatable bonds is 3. The number of hydrogen-bond donors (Lipinski definition) is 0. The molecule has 0 aromatic carbocycles. The first kappa shape index (κ1) is 12.4. The van der Waals surface area contributed by atoms with Crippen molar-refractivity contribution in [2.45, 2.75) is 19.3 Å². The highest BCUT2D eigenvalue weighted by Gasteiger charge is 2.26. The lowest BCUT2D eigenvalue weighted by Gasteiger charge is -2.30. The summed E-state index contributed by atoms with van der Waals surface area (Å²) in [5, 5.41) is 0. The van der Waals surface area contributed by atoms with Crippen molar-refractivity contribution in [1.82, 2.24) is 14.3 Å². The molecule has 0 aliphatic carbocycles. The van der Waals surface area contributed by atoms with Crippen molar-refractivity contribution in [3.05, 3.63) is 24.3 Å². The molecule has 0 radical (unpaired) electrons. The lowest BCUT2D eigenvalue weighted by molar-refractivity contribution is 0.264. The molecule has 0 unspecified atom stereocenters. The first-order valence-corrected chi connectivity index (χ1v) is 7.61. The highest BCUT2D eigenvalue weighted by molar-refractivity contribution is 7.88. The maximum atomic E-state index is 11.5. The standard InChI is InChI=1S/C11H17N3O2S/c1-17(15,16)14-7-2-4-10(9-14)8-11-12-5-3-6-13-11/h3,5-6,10H,2,4,7-9H2,1H3/t10-/m1/s1. The molecule has 6 heteroatoms. The van der Waals surface area contributed by atoms with E-state index in [1.165, 1.54) is 6.26 Å². The van der Waals surface area contributed by atoms with Gasteiger partial charge in [-0.15, -0.1) is 0 Å². The largest absolute Gasteiger partial charge is 0.241 e. The zero-order chi connectivity index (χ0) is 12.3. The van der Waals surface area contributed by atoms with Crippen LogP contribution in [-0.4, -0.2) is 42.0 Å². The van der Waals surface area contributed by atoms with Crippen LogP contribution in [0.4, 0.5) is 0 Å². The van der Waals surface area contributed by atoms with Crippen LogP contribution in [0.5, 0.6) is 0 Å². The number of hydrogen-bond acceptors (Lipinski definition) is 4. The van der Waals surface area contributed by atoms with Crippen molar-refractivity contribution in [3.63, 3.8) is 0 Å². The molecule has 1 aliphatic rings. The Labute approximate surface area is 102 Å². The van der Waals surface area contributed by atoms with Crippen LogP contribution >= 0.6 is 0 Å². The third-order valence-corrected chi connectivity index (χ3v) is 4.31. The molecule has 5 nitrogen and oxygen atoms in total. The van der Waals surface area contributed by atoms with Crippen LogP contribution in [0.3, 0.4) is 0 Å². The zero-order valence-electron chi connectivity index (χ0n) is 9.91. The van der Waals surface area contributed by atoms with E-state index >= 15 is 0 Å². The van der Waals surface area contributed by atoms with Crippen LogP contribution in [0, 0.1) is 5.92 Å². The topological polar surface area (TPSA) is 63.2 Å². The van der Waals surface area contributed by atoms with Gasteiger partial charge in [0.25, 0.3) is 0 Å². The molecule has 1 aromatic rings. The van der Waals surface area contributed by atoms with Crippen molar-refractivity contribution in [3.8, 4) is 0 Å². The summed E-state index contributed by atoms with van der Waals surface area (Å²) in [6.07, 6.45) is 7.44. The van der Waals surface area contributed by atoms with Gasteiger partial charge in [-0.25, -0.2) is 22.7 Å². The first-order chi connectivity index (χ1) is 8.05. The summed E-state index contributed by atoms with van der Waals surface area (Å²) < 4.78 is 24.5. The fourth-order valence-electron chi connectivity index (χ4n) is 2.19. The maximum Gasteiger partial charge on any atom is 0.211 e. The van der Waals surface area contributed by atoms with E-state index in [9.17, 15) is 8.42 Å². The Morgan fingerprint density at radius 1 is 1.41 bits per heavy atom. The van der Waals surface area contributed by atoms with Gasteiger partial charge in [0.1, 0.15) is 5.82 Å². The van der Waals surface area contributed by atoms with Gasteiger partial charge in [-0.05, 0) is 24.8 Å². The van der Waals surface area contributed by atoms with Gasteiger partial charge in [-0.3, -0.25) is 0 Å². The number of nitrogens with zero attached hydrogens (tertiary/aromatic N) is 3. The molecule has 0 spiro atoms. The average Bonchev–Trinajstić information content (AvgIpc) is 2.29. The van der Waals surface area contributed by atoms with E-state index < -0.39 is 10.0 Å². The molecule has 0 saturated carbocycles. The van der Waals surface area contributed by atoms with E-state index in [-0.39, 0.29) is 0 Å². The predicted octanol–water partition coefficient (Wildman–Crippen LogP) is 0.691. The smallest absolute Gasteiger partial charge is 0.211 e. The lowest BCUT2D eigenvalue weighted by atomic mass is 9.96. The molecule has 1 fully saturated rings. The molecular weight excluding hydrogens is 238 g/mol. The van der Waals surface area contributed by atoms with E-state index in [4.69, 9.17) is 0 Å². The summed E-state index contributed by atoms with van der Waals surface area (Å²) in [6, 6.07) is 1.78. The second-order valence-electron chi connectivity index (χ2n) is 4.50. The summed E-state index contributed by atoms with van der Waals surface area (Å²) in [7, 11) is -3.06. The normalized spacial score (nSPS) is 22.5. The minimum absolute atomic E-state index is 0.334. The third kappa shape index (κ3) is 3.47. The maximum absolute atomic E-state index is 11.5. The minimum Gasteiger partial charge on any atom is -0.241 e. The van der Waals surface area contributed by atoms with Gasteiger partial charge in [0, 0.05) is 31.9 Å². The Morgan fingerprint density at radius 2 is 2.12 bits per heavy atom. The van der Waals surface area contributed by atoms with Crippen molar-refractivity contribution in [2.75, 3.05) is 19.3 Å². The lowest BCUT2D eigenvalue weighted by Crippen LogP contribution is -2.39. The Kier molecular flexibility index (Phi) is 3.73. The first-order valence-electron chi connectivity index (χ1n) is 5.77. The fraction of sp³-hybridized carbons (Fsp3) is 0.636. The summed E-state index contributed by atoms with van der Waals surface area (Å²) in [6.45, 7) is 1.24. The van der Waals surface area contributed by atoms with E-state index in [1.54, 1.807) is 22.8 Å². The van der Waals surface area contributed by atoms with Crippen molar-refractivity contribution in [1.29, 1.82) is 0 Å². The van der Waals surface area contributed by atoms with E-state index in [2.05, 4.69) is 9.97 Å². The predicted molar refractivity (Wildman–Crippen MR) is 64.9 cm³/mol. The molecule has 0 bridgehead atoms. The van der Waals surface area contributed by atoms with Crippen LogP contribution in [0.25, 0.3) is 0 Å². The van der Waals surface area contributed by atoms with Gasteiger partial charge >= 0.3 is 0 Å². The average molecular weight is 255 g/mol. The minimum atomic E-state index is -3.06. The molecule has 2 rings (SSSR count). The highest BCUT2D eigenvalue weighted by Crippen LogP contribution is 2.20. The van der Waals surface area contributed by atoms with Gasteiger partial charge in [-0.1, -0.05) is 0 Å². The Hall–Kier alpha value is -1.01. The SMILES string of the molecule is CS(=O)(=O)N1CCC[C@H](Cc2ncccn2)C1. The number of aromatic nitrogens is 2. The van der Waals surface area contributed by atoms with E-state index in [0.717, 1.165) is 25.1 Å². The fourth-order valence-corrected chi connectivity index (χ4v) is 3.13. The monoisotopic (exact) mass is 255 g/mol. The van der Waals surface area contributed by atoms with E-state index in [0.29, 0.717) is 19.0 Å². The number of sulfonamides is 1. The van der Waals surface area contributed by atoms with Crippen LogP contribution in [0.15, 0.2) is 18.5 Å². The molecule has 0 amide bonds. The molecule has 1 aromatic heterocycles. The van der Waals surface area contributed by atoms with Gasteiger partial charge in [0.15, 0.2) is 0 Å². The van der Waals surface area contributed by atoms with Crippen molar-refractivity contribution in [2.24, 2.45) is 5.92 Å². The summed E-state index contributed by atoms with van der Waals surface area (Å²) in [5.74, 6) is 1.13. The molecule has 17 heavy (non-hydrogen) atoms. The van der Waals surface area contributed by atoms with E-state index in [1.807, 2.05) is 0 Å². The highest BCUT2D eigenvalue weighted by atomic mass is 32.2. The third-order valence-electron chi connectivity index (χ3n) is 3.04. The Balaban J connectivity index is 1.99. The molecule has 2 heterocycles. The van der Waals surface area contributed by atoms with Gasteiger partial charge in [-0.2, -0.15) is 0 Å². The van der Waals surface area contributed by atoms with Crippen LogP contribution in [0.1, 0.15) is 18.7 Å². The summed E-state index contributed by atoms with van der Waals surface area (Å²) in [5.41, 5.74) is 0. The Morgan fingerprint density at radius 3 is 2.76 bits per heavy atom. The van der Waals surface area contributed by atoms with Crippen LogP contribution in [0.2, 0.25) is 0 Å². The van der Waals surface area contributed by atoms with Crippen molar-refractivity contribution < 1.29 is 8.42 Å².